The number of hydrogen-bond donors (Lipinski definition) is 2. The van der Waals surface area contributed by atoms with Gasteiger partial charge in [-0.15, -0.1) is 0 Å². The summed E-state index contributed by atoms with van der Waals surface area (Å²) in [6.07, 6.45) is 11.3. The maximum atomic E-state index is 9.81. The first-order valence-corrected chi connectivity index (χ1v) is 7.61. The highest BCUT2D eigenvalue weighted by Crippen LogP contribution is 2.18. The summed E-state index contributed by atoms with van der Waals surface area (Å²) in [4.78, 5) is 0. The Morgan fingerprint density at radius 1 is 1.06 bits per heavy atom. The Labute approximate surface area is 107 Å². The van der Waals surface area contributed by atoms with Crippen molar-refractivity contribution < 1.29 is 5.11 Å². The van der Waals surface area contributed by atoms with E-state index in [4.69, 9.17) is 0 Å². The van der Waals surface area contributed by atoms with Crippen molar-refractivity contribution in [2.75, 3.05) is 6.54 Å². The molecule has 0 radical (unpaired) electrons. The molecule has 1 aliphatic rings. The predicted molar refractivity (Wildman–Crippen MR) is 74.2 cm³/mol. The molecule has 0 spiro atoms. The molecule has 0 aromatic rings. The van der Waals surface area contributed by atoms with E-state index in [1.165, 1.54) is 44.9 Å². The van der Waals surface area contributed by atoms with E-state index in [9.17, 15) is 5.11 Å². The Morgan fingerprint density at radius 2 is 1.76 bits per heavy atom. The van der Waals surface area contributed by atoms with Gasteiger partial charge in [0.2, 0.25) is 0 Å². The third kappa shape index (κ3) is 7.05. The van der Waals surface area contributed by atoms with E-state index >= 15 is 0 Å². The van der Waals surface area contributed by atoms with Crippen LogP contribution in [0.25, 0.3) is 0 Å². The second-order valence-corrected chi connectivity index (χ2v) is 6.01. The molecule has 1 fully saturated rings. The van der Waals surface area contributed by atoms with Crippen LogP contribution in [0.3, 0.4) is 0 Å². The van der Waals surface area contributed by atoms with E-state index in [-0.39, 0.29) is 6.10 Å². The number of aliphatic hydroxyl groups excluding tert-OH is 1. The van der Waals surface area contributed by atoms with Crippen molar-refractivity contribution in [2.24, 2.45) is 5.92 Å². The topological polar surface area (TPSA) is 32.3 Å². The van der Waals surface area contributed by atoms with Gasteiger partial charge in [-0.3, -0.25) is 0 Å². The van der Waals surface area contributed by atoms with Gasteiger partial charge in [0, 0.05) is 6.04 Å². The zero-order valence-corrected chi connectivity index (χ0v) is 11.8. The van der Waals surface area contributed by atoms with Crippen LogP contribution in [0.1, 0.15) is 71.6 Å². The monoisotopic (exact) mass is 241 g/mol. The maximum Gasteiger partial charge on any atom is 0.0693 e. The lowest BCUT2D eigenvalue weighted by molar-refractivity contribution is 0.0909. The first-order valence-electron chi connectivity index (χ1n) is 7.61. The average molecular weight is 241 g/mol. The third-order valence-electron chi connectivity index (χ3n) is 3.84. The molecule has 1 aliphatic carbocycles. The van der Waals surface area contributed by atoms with E-state index in [0.29, 0.717) is 6.04 Å². The van der Waals surface area contributed by atoms with Crippen molar-refractivity contribution in [2.45, 2.75) is 83.8 Å². The molecular weight excluding hydrogens is 210 g/mol. The molecule has 2 heteroatoms. The fourth-order valence-corrected chi connectivity index (χ4v) is 2.67. The molecule has 2 nitrogen and oxygen atoms in total. The Balaban J connectivity index is 1.89. The smallest absolute Gasteiger partial charge is 0.0693 e. The van der Waals surface area contributed by atoms with Crippen LogP contribution in [0.2, 0.25) is 0 Å². The van der Waals surface area contributed by atoms with Crippen LogP contribution < -0.4 is 5.32 Å². The minimum absolute atomic E-state index is 0.0929. The van der Waals surface area contributed by atoms with E-state index in [0.717, 1.165) is 25.3 Å². The zero-order chi connectivity index (χ0) is 12.5. The molecule has 0 saturated heterocycles. The van der Waals surface area contributed by atoms with Gasteiger partial charge >= 0.3 is 0 Å². The summed E-state index contributed by atoms with van der Waals surface area (Å²) in [7, 11) is 0. The molecule has 0 aromatic carbocycles. The highest BCUT2D eigenvalue weighted by molar-refractivity contribution is 4.79. The predicted octanol–water partition coefficient (Wildman–Crippen LogP) is 3.49. The number of hydrogen-bond acceptors (Lipinski definition) is 2. The van der Waals surface area contributed by atoms with Crippen LogP contribution in [-0.2, 0) is 0 Å². The van der Waals surface area contributed by atoms with Gasteiger partial charge in [0.25, 0.3) is 0 Å². The second kappa shape index (κ2) is 8.93. The van der Waals surface area contributed by atoms with Crippen LogP contribution in [0.15, 0.2) is 0 Å². The fourth-order valence-electron chi connectivity index (χ4n) is 2.67. The molecule has 0 amide bonds. The first-order chi connectivity index (χ1) is 8.20. The highest BCUT2D eigenvalue weighted by atomic mass is 16.3. The van der Waals surface area contributed by atoms with Crippen LogP contribution in [0.5, 0.6) is 0 Å². The van der Waals surface area contributed by atoms with Gasteiger partial charge in [-0.25, -0.2) is 0 Å². The minimum atomic E-state index is -0.0929. The summed E-state index contributed by atoms with van der Waals surface area (Å²) in [6.45, 7) is 5.68. The summed E-state index contributed by atoms with van der Waals surface area (Å²) in [5, 5.41) is 13.3. The van der Waals surface area contributed by atoms with Crippen molar-refractivity contribution >= 4 is 0 Å². The molecule has 2 N–H and O–H groups in total. The van der Waals surface area contributed by atoms with Crippen LogP contribution in [0.4, 0.5) is 0 Å². The second-order valence-electron chi connectivity index (χ2n) is 6.01. The molecule has 2 atom stereocenters. The van der Waals surface area contributed by atoms with Gasteiger partial charge in [0.05, 0.1) is 6.10 Å². The zero-order valence-electron chi connectivity index (χ0n) is 11.8. The molecule has 2 unspecified atom stereocenters. The number of rotatable bonds is 8. The molecule has 1 rings (SSSR count). The van der Waals surface area contributed by atoms with Gasteiger partial charge in [0.15, 0.2) is 0 Å². The van der Waals surface area contributed by atoms with Gasteiger partial charge in [-0.2, -0.15) is 0 Å². The Kier molecular flexibility index (Phi) is 7.87. The molecule has 0 heterocycles. The van der Waals surface area contributed by atoms with Gasteiger partial charge in [-0.1, -0.05) is 52.4 Å². The van der Waals surface area contributed by atoms with Crippen LogP contribution in [0, 0.1) is 5.92 Å². The average Bonchev–Trinajstić information content (AvgIpc) is 2.30. The molecule has 0 aromatic heterocycles. The summed E-state index contributed by atoms with van der Waals surface area (Å²) in [6, 6.07) is 0.374. The standard InChI is InChI=1S/C15H31NO/c1-13(2)9-5-3-4-8-12-16-14-10-6-7-11-15(14)17/h13-17H,3-12H2,1-2H3. The normalized spacial score (nSPS) is 25.4. The Bertz CT molecular complexity index is 182. The van der Waals surface area contributed by atoms with E-state index in [2.05, 4.69) is 19.2 Å². The number of aliphatic hydroxyl groups is 1. The molecule has 17 heavy (non-hydrogen) atoms. The van der Waals surface area contributed by atoms with Crippen LogP contribution >= 0.6 is 0 Å². The lowest BCUT2D eigenvalue weighted by Crippen LogP contribution is -2.42. The van der Waals surface area contributed by atoms with Crippen molar-refractivity contribution in [1.82, 2.24) is 5.32 Å². The quantitative estimate of drug-likeness (QED) is 0.638. The molecular formula is C15H31NO. The lowest BCUT2D eigenvalue weighted by atomic mass is 9.92. The summed E-state index contributed by atoms with van der Waals surface area (Å²) >= 11 is 0. The fraction of sp³-hybridized carbons (Fsp3) is 1.00. The largest absolute Gasteiger partial charge is 0.392 e. The molecule has 0 bridgehead atoms. The minimum Gasteiger partial charge on any atom is -0.392 e. The lowest BCUT2D eigenvalue weighted by Gasteiger charge is -2.28. The van der Waals surface area contributed by atoms with Gasteiger partial charge < -0.3 is 10.4 Å². The SMILES string of the molecule is CC(C)CCCCCCNC1CCCCC1O. The van der Waals surface area contributed by atoms with E-state index < -0.39 is 0 Å². The van der Waals surface area contributed by atoms with E-state index in [1.807, 2.05) is 0 Å². The molecule has 0 aliphatic heterocycles. The van der Waals surface area contributed by atoms with Crippen molar-refractivity contribution in [1.29, 1.82) is 0 Å². The van der Waals surface area contributed by atoms with Crippen molar-refractivity contribution in [3.63, 3.8) is 0 Å². The van der Waals surface area contributed by atoms with E-state index in [1.54, 1.807) is 0 Å². The van der Waals surface area contributed by atoms with Gasteiger partial charge in [-0.05, 0) is 31.7 Å². The van der Waals surface area contributed by atoms with Gasteiger partial charge in [0.1, 0.15) is 0 Å². The number of unbranched alkanes of at least 4 members (excludes halogenated alkanes) is 3. The summed E-state index contributed by atoms with van der Waals surface area (Å²) in [5.74, 6) is 0.852. The third-order valence-corrected chi connectivity index (χ3v) is 3.84. The maximum absolute atomic E-state index is 9.81. The van der Waals surface area contributed by atoms with Crippen molar-refractivity contribution in [3.05, 3.63) is 0 Å². The first kappa shape index (κ1) is 15.0. The highest BCUT2D eigenvalue weighted by Gasteiger charge is 2.21. The summed E-state index contributed by atoms with van der Waals surface area (Å²) in [5.41, 5.74) is 0. The molecule has 102 valence electrons. The number of nitrogens with one attached hydrogen (secondary N) is 1. The Hall–Kier alpha value is -0.0800. The Morgan fingerprint density at radius 3 is 2.47 bits per heavy atom. The summed E-state index contributed by atoms with van der Waals surface area (Å²) < 4.78 is 0. The van der Waals surface area contributed by atoms with Crippen molar-refractivity contribution in [3.8, 4) is 0 Å². The van der Waals surface area contributed by atoms with Crippen LogP contribution in [-0.4, -0.2) is 23.8 Å². The molecule has 1 saturated carbocycles.